The summed E-state index contributed by atoms with van der Waals surface area (Å²) >= 11 is 0. The van der Waals surface area contributed by atoms with Gasteiger partial charge in [-0.15, -0.1) is 0 Å². The lowest BCUT2D eigenvalue weighted by molar-refractivity contribution is -0.142. The highest BCUT2D eigenvalue weighted by molar-refractivity contribution is 5.94. The van der Waals surface area contributed by atoms with Crippen molar-refractivity contribution in [2.75, 3.05) is 0 Å². The molecule has 6 heteroatoms. The molecule has 2 rings (SSSR count). The van der Waals surface area contributed by atoms with Crippen molar-refractivity contribution in [1.29, 1.82) is 0 Å². The second-order valence-corrected chi connectivity index (χ2v) is 5.02. The zero-order chi connectivity index (χ0) is 15.9. The van der Waals surface area contributed by atoms with Gasteiger partial charge in [-0.05, 0) is 18.9 Å². The summed E-state index contributed by atoms with van der Waals surface area (Å²) in [4.78, 5) is 31.1. The van der Waals surface area contributed by atoms with Crippen molar-refractivity contribution in [3.63, 3.8) is 0 Å². The zero-order valence-electron chi connectivity index (χ0n) is 12.1. The first-order chi connectivity index (χ1) is 10.6. The Morgan fingerprint density at radius 2 is 1.82 bits per heavy atom. The van der Waals surface area contributed by atoms with Crippen LogP contribution >= 0.6 is 0 Å². The number of nitrogens with zero attached hydrogens (tertiary/aromatic N) is 2. The molecule has 0 aliphatic heterocycles. The molecule has 2 unspecified atom stereocenters. The molecule has 2 aromatic rings. The number of benzene rings is 1. The van der Waals surface area contributed by atoms with Crippen LogP contribution in [0.3, 0.4) is 0 Å². The van der Waals surface area contributed by atoms with Crippen molar-refractivity contribution in [1.82, 2.24) is 15.3 Å². The van der Waals surface area contributed by atoms with Crippen molar-refractivity contribution in [2.45, 2.75) is 19.4 Å². The highest BCUT2D eigenvalue weighted by Crippen LogP contribution is 2.13. The predicted octanol–water partition coefficient (Wildman–Crippen LogP) is 1.54. The van der Waals surface area contributed by atoms with E-state index in [2.05, 4.69) is 15.3 Å². The smallest absolute Gasteiger partial charge is 0.308 e. The van der Waals surface area contributed by atoms with Gasteiger partial charge in [-0.1, -0.05) is 30.3 Å². The second kappa shape index (κ2) is 7.31. The van der Waals surface area contributed by atoms with Crippen LogP contribution in [-0.2, 0) is 11.2 Å². The molecule has 1 aromatic carbocycles. The summed E-state index contributed by atoms with van der Waals surface area (Å²) in [6, 6.07) is 8.81. The molecule has 0 fully saturated rings. The van der Waals surface area contributed by atoms with Crippen LogP contribution < -0.4 is 5.32 Å². The highest BCUT2D eigenvalue weighted by atomic mass is 16.4. The fraction of sp³-hybridized carbons (Fsp3) is 0.250. The van der Waals surface area contributed by atoms with Crippen LogP contribution in [0.1, 0.15) is 22.8 Å². The number of carbonyl (C=O) groups excluding carboxylic acids is 1. The van der Waals surface area contributed by atoms with Crippen LogP contribution in [0.15, 0.2) is 49.1 Å². The number of aromatic nitrogens is 2. The van der Waals surface area contributed by atoms with E-state index < -0.39 is 17.9 Å². The lowest BCUT2D eigenvalue weighted by Crippen LogP contribution is -2.42. The van der Waals surface area contributed by atoms with E-state index in [-0.39, 0.29) is 5.91 Å². The molecule has 0 saturated heterocycles. The summed E-state index contributed by atoms with van der Waals surface area (Å²) in [5.74, 6) is -2.04. The van der Waals surface area contributed by atoms with Crippen molar-refractivity contribution in [2.24, 2.45) is 5.92 Å². The topological polar surface area (TPSA) is 92.2 Å². The van der Waals surface area contributed by atoms with E-state index in [1.807, 2.05) is 30.3 Å². The number of amides is 1. The highest BCUT2D eigenvalue weighted by Gasteiger charge is 2.26. The first-order valence-corrected chi connectivity index (χ1v) is 6.90. The van der Waals surface area contributed by atoms with Crippen LogP contribution in [0.5, 0.6) is 0 Å². The van der Waals surface area contributed by atoms with Gasteiger partial charge in [0.25, 0.3) is 5.91 Å². The molecule has 0 spiro atoms. The van der Waals surface area contributed by atoms with Crippen molar-refractivity contribution in [3.05, 3.63) is 60.2 Å². The second-order valence-electron chi connectivity index (χ2n) is 5.02. The Hall–Kier alpha value is -2.76. The average Bonchev–Trinajstić information content (AvgIpc) is 2.54. The molecule has 6 nitrogen and oxygen atoms in total. The van der Waals surface area contributed by atoms with E-state index in [1.54, 1.807) is 6.92 Å². The van der Waals surface area contributed by atoms with Gasteiger partial charge in [-0.2, -0.15) is 0 Å². The van der Waals surface area contributed by atoms with Gasteiger partial charge in [-0.25, -0.2) is 9.97 Å². The number of carbonyl (C=O) groups is 2. The standard InChI is InChI=1S/C16H17N3O3/c1-11(19-15(20)13-8-17-10-18-9-13)14(16(21)22)7-12-5-3-2-4-6-12/h2-6,8-11,14H,7H2,1H3,(H,19,20)(H,21,22). The number of rotatable bonds is 6. The first kappa shape index (κ1) is 15.6. The maximum absolute atomic E-state index is 12.1. The van der Waals surface area contributed by atoms with Gasteiger partial charge in [0.1, 0.15) is 6.33 Å². The number of carboxylic acid groups (broad SMARTS) is 1. The summed E-state index contributed by atoms with van der Waals surface area (Å²) in [6.07, 6.45) is 4.46. The SMILES string of the molecule is CC(NC(=O)c1cncnc1)C(Cc1ccccc1)C(=O)O. The Kier molecular flexibility index (Phi) is 5.19. The number of nitrogens with one attached hydrogen (secondary N) is 1. The fourth-order valence-electron chi connectivity index (χ4n) is 2.15. The lowest BCUT2D eigenvalue weighted by atomic mass is 9.93. The first-order valence-electron chi connectivity index (χ1n) is 6.90. The van der Waals surface area contributed by atoms with Gasteiger partial charge >= 0.3 is 5.97 Å². The normalized spacial score (nSPS) is 13.1. The number of aliphatic carboxylic acids is 1. The van der Waals surface area contributed by atoms with E-state index in [9.17, 15) is 14.7 Å². The quantitative estimate of drug-likeness (QED) is 0.844. The Morgan fingerprint density at radius 3 is 2.41 bits per heavy atom. The maximum atomic E-state index is 12.1. The summed E-state index contributed by atoms with van der Waals surface area (Å²) < 4.78 is 0. The van der Waals surface area contributed by atoms with E-state index >= 15 is 0 Å². The molecule has 0 radical (unpaired) electrons. The summed E-state index contributed by atoms with van der Waals surface area (Å²) in [7, 11) is 0. The molecule has 2 atom stereocenters. The van der Waals surface area contributed by atoms with E-state index in [1.165, 1.54) is 18.7 Å². The van der Waals surface area contributed by atoms with Gasteiger partial charge in [-0.3, -0.25) is 9.59 Å². The third-order valence-corrected chi connectivity index (χ3v) is 3.40. The summed E-state index contributed by atoms with van der Waals surface area (Å²) in [6.45, 7) is 1.68. The molecule has 22 heavy (non-hydrogen) atoms. The fourth-order valence-corrected chi connectivity index (χ4v) is 2.15. The maximum Gasteiger partial charge on any atom is 0.308 e. The van der Waals surface area contributed by atoms with Crippen LogP contribution in [0.4, 0.5) is 0 Å². The van der Waals surface area contributed by atoms with Gasteiger partial charge in [0.15, 0.2) is 0 Å². The third kappa shape index (κ3) is 4.12. The average molecular weight is 299 g/mol. The van der Waals surface area contributed by atoms with Crippen molar-refractivity contribution < 1.29 is 14.7 Å². The molecular formula is C16H17N3O3. The van der Waals surface area contributed by atoms with E-state index in [0.717, 1.165) is 5.56 Å². The lowest BCUT2D eigenvalue weighted by Gasteiger charge is -2.21. The van der Waals surface area contributed by atoms with Gasteiger partial charge in [0, 0.05) is 18.4 Å². The van der Waals surface area contributed by atoms with Crippen LogP contribution in [-0.4, -0.2) is 33.0 Å². The van der Waals surface area contributed by atoms with E-state index in [0.29, 0.717) is 12.0 Å². The molecule has 1 aromatic heterocycles. The molecule has 114 valence electrons. The Labute approximate surface area is 128 Å². The molecule has 1 heterocycles. The van der Waals surface area contributed by atoms with Crippen LogP contribution in [0.2, 0.25) is 0 Å². The predicted molar refractivity (Wildman–Crippen MR) is 80.2 cm³/mol. The molecule has 1 amide bonds. The molecule has 0 aliphatic rings. The molecule has 0 bridgehead atoms. The summed E-state index contributed by atoms with van der Waals surface area (Å²) in [5.41, 5.74) is 1.22. The third-order valence-electron chi connectivity index (χ3n) is 3.40. The minimum atomic E-state index is -0.944. The molecule has 2 N–H and O–H groups in total. The Morgan fingerprint density at radius 1 is 1.18 bits per heavy atom. The molecule has 0 saturated carbocycles. The van der Waals surface area contributed by atoms with Gasteiger partial charge < -0.3 is 10.4 Å². The van der Waals surface area contributed by atoms with Crippen molar-refractivity contribution in [3.8, 4) is 0 Å². The Bertz CT molecular complexity index is 632. The van der Waals surface area contributed by atoms with E-state index in [4.69, 9.17) is 0 Å². The minimum Gasteiger partial charge on any atom is -0.481 e. The zero-order valence-corrected chi connectivity index (χ0v) is 12.1. The van der Waals surface area contributed by atoms with Crippen LogP contribution in [0, 0.1) is 5.92 Å². The molecule has 0 aliphatic carbocycles. The number of hydrogen-bond acceptors (Lipinski definition) is 4. The number of hydrogen-bond donors (Lipinski definition) is 2. The van der Waals surface area contributed by atoms with Crippen molar-refractivity contribution >= 4 is 11.9 Å². The largest absolute Gasteiger partial charge is 0.481 e. The molecular weight excluding hydrogens is 282 g/mol. The van der Waals surface area contributed by atoms with Gasteiger partial charge in [0.2, 0.25) is 0 Å². The summed E-state index contributed by atoms with van der Waals surface area (Å²) in [5, 5.41) is 12.1. The monoisotopic (exact) mass is 299 g/mol. The minimum absolute atomic E-state index is 0.304. The van der Waals surface area contributed by atoms with Crippen LogP contribution in [0.25, 0.3) is 0 Å². The van der Waals surface area contributed by atoms with Gasteiger partial charge in [0.05, 0.1) is 11.5 Å². The Balaban J connectivity index is 2.05. The number of carboxylic acids is 1.